The summed E-state index contributed by atoms with van der Waals surface area (Å²) in [6, 6.07) is 11.5. The van der Waals surface area contributed by atoms with E-state index in [1.165, 1.54) is 12.1 Å². The highest BCUT2D eigenvalue weighted by atomic mass is 35.5. The van der Waals surface area contributed by atoms with Gasteiger partial charge in [-0.3, -0.25) is 9.59 Å². The summed E-state index contributed by atoms with van der Waals surface area (Å²) in [4.78, 5) is 24.0. The van der Waals surface area contributed by atoms with Crippen molar-refractivity contribution in [2.24, 2.45) is 0 Å². The van der Waals surface area contributed by atoms with E-state index in [-0.39, 0.29) is 11.1 Å². The van der Waals surface area contributed by atoms with Crippen LogP contribution in [-0.2, 0) is 9.59 Å². The molecule has 2 rings (SSSR count). The van der Waals surface area contributed by atoms with Crippen LogP contribution in [0.5, 0.6) is 5.75 Å². The van der Waals surface area contributed by atoms with E-state index in [2.05, 4.69) is 10.6 Å². The van der Waals surface area contributed by atoms with Gasteiger partial charge in [0, 0.05) is 5.69 Å². The Bertz CT molecular complexity index is 747. The molecule has 0 spiro atoms. The van der Waals surface area contributed by atoms with Crippen molar-refractivity contribution in [1.82, 2.24) is 5.32 Å². The Morgan fingerprint density at radius 2 is 1.79 bits per heavy atom. The van der Waals surface area contributed by atoms with E-state index in [1.807, 2.05) is 12.1 Å². The number of rotatable bonds is 4. The largest absolute Gasteiger partial charge is 0.497 e. The van der Waals surface area contributed by atoms with Crippen LogP contribution in [0, 0.1) is 0 Å². The highest BCUT2D eigenvalue weighted by Gasteiger charge is 2.18. The van der Waals surface area contributed by atoms with E-state index in [9.17, 15) is 9.59 Å². The summed E-state index contributed by atoms with van der Waals surface area (Å²) in [6.45, 7) is 1.78. The lowest BCUT2D eigenvalue weighted by Gasteiger charge is -2.15. The van der Waals surface area contributed by atoms with Crippen molar-refractivity contribution in [2.75, 3.05) is 18.2 Å². The van der Waals surface area contributed by atoms with Gasteiger partial charge >= 0.3 is 11.8 Å². The van der Waals surface area contributed by atoms with Gasteiger partial charge in [-0.1, -0.05) is 23.7 Å². The molecule has 0 aromatic heterocycles. The number of methoxy groups -OCH3 is 1. The summed E-state index contributed by atoms with van der Waals surface area (Å²) in [5.74, 6) is -0.846. The molecule has 0 aliphatic carbocycles. The van der Waals surface area contributed by atoms with Crippen LogP contribution in [0.15, 0.2) is 42.5 Å². The lowest BCUT2D eigenvalue weighted by molar-refractivity contribution is -0.136. The number of carbonyl (C=O) groups is 2. The third-order valence-electron chi connectivity index (χ3n) is 3.41. The zero-order valence-electron chi connectivity index (χ0n) is 13.3. The van der Waals surface area contributed by atoms with Crippen molar-refractivity contribution < 1.29 is 14.3 Å². The molecule has 2 amide bonds. The van der Waals surface area contributed by atoms with Crippen molar-refractivity contribution in [2.45, 2.75) is 13.0 Å². The zero-order chi connectivity index (χ0) is 17.7. The normalized spacial score (nSPS) is 11.5. The molecule has 126 valence electrons. The van der Waals surface area contributed by atoms with Gasteiger partial charge in [0.25, 0.3) is 0 Å². The Kier molecular flexibility index (Phi) is 5.65. The minimum atomic E-state index is -0.804. The zero-order valence-corrected chi connectivity index (χ0v) is 14.1. The summed E-state index contributed by atoms with van der Waals surface area (Å²) < 4.78 is 5.08. The van der Waals surface area contributed by atoms with E-state index in [0.717, 1.165) is 5.56 Å². The van der Waals surface area contributed by atoms with Crippen molar-refractivity contribution in [3.8, 4) is 5.75 Å². The minimum Gasteiger partial charge on any atom is -0.497 e. The van der Waals surface area contributed by atoms with Gasteiger partial charge in [-0.25, -0.2) is 0 Å². The Morgan fingerprint density at radius 1 is 1.12 bits per heavy atom. The second kappa shape index (κ2) is 7.70. The number of hydrogen-bond acceptors (Lipinski definition) is 4. The minimum absolute atomic E-state index is 0.263. The molecule has 0 aliphatic heterocycles. The van der Waals surface area contributed by atoms with Crippen molar-refractivity contribution in [1.29, 1.82) is 0 Å². The maximum Gasteiger partial charge on any atom is 0.313 e. The Morgan fingerprint density at radius 3 is 2.38 bits per heavy atom. The highest BCUT2D eigenvalue weighted by Crippen LogP contribution is 2.24. The molecule has 0 saturated heterocycles. The number of benzene rings is 2. The summed E-state index contributed by atoms with van der Waals surface area (Å²) in [7, 11) is 1.58. The first-order valence-electron chi connectivity index (χ1n) is 7.21. The molecule has 1 atom stereocenters. The molecular weight excluding hydrogens is 330 g/mol. The topological polar surface area (TPSA) is 93.4 Å². The summed E-state index contributed by atoms with van der Waals surface area (Å²) in [5, 5.41) is 5.34. The van der Waals surface area contributed by atoms with E-state index in [0.29, 0.717) is 17.1 Å². The molecule has 7 heteroatoms. The van der Waals surface area contributed by atoms with Gasteiger partial charge in [0.05, 0.1) is 23.9 Å². The van der Waals surface area contributed by atoms with Crippen LogP contribution in [0.25, 0.3) is 0 Å². The fourth-order valence-corrected chi connectivity index (χ4v) is 2.29. The molecule has 0 bridgehead atoms. The molecule has 0 radical (unpaired) electrons. The predicted octanol–water partition coefficient (Wildman–Crippen LogP) is 2.75. The van der Waals surface area contributed by atoms with Gasteiger partial charge < -0.3 is 21.1 Å². The number of carbonyl (C=O) groups excluding carboxylic acids is 2. The Labute approximate surface area is 144 Å². The smallest absolute Gasteiger partial charge is 0.313 e. The highest BCUT2D eigenvalue weighted by molar-refractivity contribution is 6.41. The second-order valence-electron chi connectivity index (χ2n) is 5.16. The first-order chi connectivity index (χ1) is 11.4. The second-order valence-corrected chi connectivity index (χ2v) is 5.57. The molecule has 6 nitrogen and oxygen atoms in total. The van der Waals surface area contributed by atoms with E-state index < -0.39 is 11.8 Å². The quantitative estimate of drug-likeness (QED) is 0.585. The van der Waals surface area contributed by atoms with Crippen molar-refractivity contribution in [3.63, 3.8) is 0 Å². The molecule has 2 aromatic rings. The van der Waals surface area contributed by atoms with E-state index in [4.69, 9.17) is 22.1 Å². The number of nitrogens with two attached hydrogens (primary N) is 1. The maximum absolute atomic E-state index is 12.0. The SMILES string of the molecule is COc1ccc(C(C)NC(=O)C(=O)Nc2ccc(N)cc2Cl)cc1. The molecule has 4 N–H and O–H groups in total. The molecule has 0 aliphatic rings. The van der Waals surface area contributed by atoms with Crippen LogP contribution >= 0.6 is 11.6 Å². The summed E-state index contributed by atoms with van der Waals surface area (Å²) in [6.07, 6.45) is 0. The van der Waals surface area contributed by atoms with Gasteiger partial charge in [-0.05, 0) is 42.8 Å². The van der Waals surface area contributed by atoms with Gasteiger partial charge in [-0.15, -0.1) is 0 Å². The number of anilines is 2. The summed E-state index contributed by atoms with van der Waals surface area (Å²) in [5.41, 5.74) is 7.22. The number of nitrogen functional groups attached to an aromatic ring is 1. The average Bonchev–Trinajstić information content (AvgIpc) is 2.57. The molecule has 1 unspecified atom stereocenters. The lowest BCUT2D eigenvalue weighted by atomic mass is 10.1. The maximum atomic E-state index is 12.0. The molecule has 0 saturated carbocycles. The van der Waals surface area contributed by atoms with Crippen LogP contribution in [0.1, 0.15) is 18.5 Å². The standard InChI is InChI=1S/C17H18ClN3O3/c1-10(11-3-6-13(24-2)7-4-11)20-16(22)17(23)21-15-8-5-12(19)9-14(15)18/h3-10H,19H2,1-2H3,(H,20,22)(H,21,23). The van der Waals surface area contributed by atoms with Crippen LogP contribution < -0.4 is 21.1 Å². The lowest BCUT2D eigenvalue weighted by Crippen LogP contribution is -2.36. The van der Waals surface area contributed by atoms with Gasteiger partial charge in [0.2, 0.25) is 0 Å². The number of halogens is 1. The predicted molar refractivity (Wildman–Crippen MR) is 94.0 cm³/mol. The van der Waals surface area contributed by atoms with E-state index >= 15 is 0 Å². The molecular formula is C17H18ClN3O3. The fourth-order valence-electron chi connectivity index (χ4n) is 2.05. The summed E-state index contributed by atoms with van der Waals surface area (Å²) >= 11 is 5.97. The molecule has 0 heterocycles. The molecule has 2 aromatic carbocycles. The third-order valence-corrected chi connectivity index (χ3v) is 3.72. The molecule has 0 fully saturated rings. The first kappa shape index (κ1) is 17.6. The van der Waals surface area contributed by atoms with Gasteiger partial charge in [0.1, 0.15) is 5.75 Å². The fraction of sp³-hybridized carbons (Fsp3) is 0.176. The number of hydrogen-bond donors (Lipinski definition) is 3. The Balaban J connectivity index is 1.98. The third kappa shape index (κ3) is 4.39. The monoisotopic (exact) mass is 347 g/mol. The Hall–Kier alpha value is -2.73. The first-order valence-corrected chi connectivity index (χ1v) is 7.59. The van der Waals surface area contributed by atoms with Crippen molar-refractivity contribution in [3.05, 3.63) is 53.1 Å². The van der Waals surface area contributed by atoms with E-state index in [1.54, 1.807) is 32.2 Å². The number of amides is 2. The average molecular weight is 348 g/mol. The van der Waals surface area contributed by atoms with Crippen LogP contribution in [0.2, 0.25) is 5.02 Å². The van der Waals surface area contributed by atoms with Crippen LogP contribution in [0.3, 0.4) is 0 Å². The van der Waals surface area contributed by atoms with Gasteiger partial charge in [-0.2, -0.15) is 0 Å². The van der Waals surface area contributed by atoms with Gasteiger partial charge in [0.15, 0.2) is 0 Å². The van der Waals surface area contributed by atoms with Crippen molar-refractivity contribution >= 4 is 34.8 Å². The van der Waals surface area contributed by atoms with Crippen LogP contribution in [-0.4, -0.2) is 18.9 Å². The number of ether oxygens (including phenoxy) is 1. The van der Waals surface area contributed by atoms with Crippen LogP contribution in [0.4, 0.5) is 11.4 Å². The number of nitrogens with one attached hydrogen (secondary N) is 2. The molecule has 24 heavy (non-hydrogen) atoms.